The molecule has 1 aromatic carbocycles. The molecule has 2 saturated heterocycles. The van der Waals surface area contributed by atoms with Gasteiger partial charge in [-0.15, -0.1) is 0 Å². The molecule has 3 aliphatic rings. The molecule has 5 heteroatoms. The largest absolute Gasteiger partial charge is 0.337 e. The zero-order valence-electron chi connectivity index (χ0n) is 16.0. The molecule has 0 radical (unpaired) electrons. The SMILES string of the molecule is CCN(Cc1ccc(C(=O)N2CCC(N3CCNCC3)C2)cc1)C1CC1. The first-order valence-corrected chi connectivity index (χ1v) is 10.3. The fraction of sp³-hybridized carbons (Fsp3) is 0.667. The van der Waals surface area contributed by atoms with Crippen molar-refractivity contribution in [3.63, 3.8) is 0 Å². The summed E-state index contributed by atoms with van der Waals surface area (Å²) in [4.78, 5) is 20.0. The van der Waals surface area contributed by atoms with Crippen LogP contribution in [0.15, 0.2) is 24.3 Å². The van der Waals surface area contributed by atoms with Crippen LogP contribution in [0.25, 0.3) is 0 Å². The van der Waals surface area contributed by atoms with Crippen LogP contribution in [0.4, 0.5) is 0 Å². The van der Waals surface area contributed by atoms with Gasteiger partial charge < -0.3 is 10.2 Å². The highest BCUT2D eigenvalue weighted by atomic mass is 16.2. The predicted octanol–water partition coefficient (Wildman–Crippen LogP) is 1.79. The van der Waals surface area contributed by atoms with E-state index in [9.17, 15) is 4.79 Å². The Morgan fingerprint density at radius 1 is 1.12 bits per heavy atom. The normalized spacial score (nSPS) is 24.4. The van der Waals surface area contributed by atoms with Gasteiger partial charge >= 0.3 is 0 Å². The topological polar surface area (TPSA) is 38.8 Å². The maximum Gasteiger partial charge on any atom is 0.253 e. The second-order valence-electron chi connectivity index (χ2n) is 7.97. The molecule has 2 heterocycles. The number of benzene rings is 1. The highest BCUT2D eigenvalue weighted by molar-refractivity contribution is 5.94. The van der Waals surface area contributed by atoms with Gasteiger partial charge in [0.15, 0.2) is 0 Å². The van der Waals surface area contributed by atoms with Crippen molar-refractivity contribution in [3.05, 3.63) is 35.4 Å². The molecular weight excluding hydrogens is 324 g/mol. The number of nitrogens with zero attached hydrogens (tertiary/aromatic N) is 3. The third-order valence-electron chi connectivity index (χ3n) is 6.17. The summed E-state index contributed by atoms with van der Waals surface area (Å²) in [7, 11) is 0. The van der Waals surface area contributed by atoms with E-state index in [0.29, 0.717) is 6.04 Å². The molecule has 1 aromatic rings. The van der Waals surface area contributed by atoms with Crippen molar-refractivity contribution in [1.29, 1.82) is 0 Å². The Hall–Kier alpha value is -1.43. The van der Waals surface area contributed by atoms with Crippen LogP contribution in [0.1, 0.15) is 42.1 Å². The summed E-state index contributed by atoms with van der Waals surface area (Å²) in [6.45, 7) is 10.5. The minimum atomic E-state index is 0.198. The van der Waals surface area contributed by atoms with Gasteiger partial charge in [-0.2, -0.15) is 0 Å². The molecule has 1 unspecified atom stereocenters. The van der Waals surface area contributed by atoms with Crippen molar-refractivity contribution < 1.29 is 4.79 Å². The molecule has 4 rings (SSSR count). The highest BCUT2D eigenvalue weighted by Crippen LogP contribution is 2.28. The van der Waals surface area contributed by atoms with E-state index in [1.165, 1.54) is 18.4 Å². The fourth-order valence-electron chi connectivity index (χ4n) is 4.38. The van der Waals surface area contributed by atoms with Crippen molar-refractivity contribution in [2.45, 2.75) is 44.8 Å². The number of likely N-dealkylation sites (tertiary alicyclic amines) is 1. The Balaban J connectivity index is 1.33. The monoisotopic (exact) mass is 356 g/mol. The quantitative estimate of drug-likeness (QED) is 0.844. The lowest BCUT2D eigenvalue weighted by Crippen LogP contribution is -2.49. The van der Waals surface area contributed by atoms with Crippen LogP contribution in [0.5, 0.6) is 0 Å². The van der Waals surface area contributed by atoms with Crippen molar-refractivity contribution in [2.24, 2.45) is 0 Å². The van der Waals surface area contributed by atoms with Crippen LogP contribution >= 0.6 is 0 Å². The van der Waals surface area contributed by atoms with Crippen LogP contribution in [0, 0.1) is 0 Å². The molecule has 1 amide bonds. The molecule has 1 N–H and O–H groups in total. The highest BCUT2D eigenvalue weighted by Gasteiger charge is 2.31. The molecule has 1 aliphatic carbocycles. The van der Waals surface area contributed by atoms with E-state index in [1.54, 1.807) is 0 Å². The van der Waals surface area contributed by atoms with Crippen LogP contribution in [0.3, 0.4) is 0 Å². The lowest BCUT2D eigenvalue weighted by Gasteiger charge is -2.32. The number of piperazine rings is 1. The van der Waals surface area contributed by atoms with Crippen molar-refractivity contribution >= 4 is 5.91 Å². The molecule has 142 valence electrons. The Kier molecular flexibility index (Phi) is 5.57. The summed E-state index contributed by atoms with van der Waals surface area (Å²) in [5, 5.41) is 3.41. The smallest absolute Gasteiger partial charge is 0.253 e. The van der Waals surface area contributed by atoms with Crippen molar-refractivity contribution in [3.8, 4) is 0 Å². The first kappa shape index (κ1) is 18.0. The van der Waals surface area contributed by atoms with Gasteiger partial charge in [0.25, 0.3) is 5.91 Å². The Morgan fingerprint density at radius 2 is 1.85 bits per heavy atom. The van der Waals surface area contributed by atoms with Gasteiger partial charge in [0, 0.05) is 63.5 Å². The zero-order chi connectivity index (χ0) is 17.9. The van der Waals surface area contributed by atoms with Crippen LogP contribution in [0.2, 0.25) is 0 Å². The van der Waals surface area contributed by atoms with E-state index in [0.717, 1.165) is 70.4 Å². The van der Waals surface area contributed by atoms with Gasteiger partial charge in [0.1, 0.15) is 0 Å². The van der Waals surface area contributed by atoms with E-state index in [1.807, 2.05) is 17.0 Å². The molecule has 0 aromatic heterocycles. The van der Waals surface area contributed by atoms with E-state index in [2.05, 4.69) is 34.2 Å². The van der Waals surface area contributed by atoms with E-state index in [-0.39, 0.29) is 5.91 Å². The van der Waals surface area contributed by atoms with Gasteiger partial charge in [0.05, 0.1) is 0 Å². The third kappa shape index (κ3) is 4.11. The average Bonchev–Trinajstić information content (AvgIpc) is 3.42. The van der Waals surface area contributed by atoms with Gasteiger partial charge in [-0.05, 0) is 43.5 Å². The lowest BCUT2D eigenvalue weighted by atomic mass is 10.1. The number of hydrogen-bond donors (Lipinski definition) is 1. The van der Waals surface area contributed by atoms with E-state index in [4.69, 9.17) is 0 Å². The second kappa shape index (κ2) is 8.07. The average molecular weight is 357 g/mol. The summed E-state index contributed by atoms with van der Waals surface area (Å²) in [5.41, 5.74) is 2.15. The van der Waals surface area contributed by atoms with Gasteiger partial charge in [0.2, 0.25) is 0 Å². The maximum absolute atomic E-state index is 12.9. The molecule has 1 atom stereocenters. The summed E-state index contributed by atoms with van der Waals surface area (Å²) >= 11 is 0. The van der Waals surface area contributed by atoms with Gasteiger partial charge in [-0.3, -0.25) is 14.6 Å². The number of hydrogen-bond acceptors (Lipinski definition) is 4. The molecule has 3 fully saturated rings. The third-order valence-corrected chi connectivity index (χ3v) is 6.17. The molecular formula is C21H32N4O. The Bertz CT molecular complexity index is 607. The number of amides is 1. The summed E-state index contributed by atoms with van der Waals surface area (Å²) < 4.78 is 0. The molecule has 2 aliphatic heterocycles. The van der Waals surface area contributed by atoms with Crippen LogP contribution in [-0.2, 0) is 6.54 Å². The van der Waals surface area contributed by atoms with E-state index >= 15 is 0 Å². The van der Waals surface area contributed by atoms with Crippen molar-refractivity contribution in [2.75, 3.05) is 45.8 Å². The first-order valence-electron chi connectivity index (χ1n) is 10.3. The number of carbonyl (C=O) groups excluding carboxylic acids is 1. The van der Waals surface area contributed by atoms with Gasteiger partial charge in [-0.1, -0.05) is 19.1 Å². The number of nitrogens with one attached hydrogen (secondary N) is 1. The molecule has 0 bridgehead atoms. The van der Waals surface area contributed by atoms with E-state index < -0.39 is 0 Å². The standard InChI is InChI=1S/C21H32N4O/c1-2-23(19-7-8-19)15-17-3-5-18(6-4-17)21(26)25-12-9-20(16-25)24-13-10-22-11-14-24/h3-6,19-20,22H,2,7-16H2,1H3. The number of carbonyl (C=O) groups is 1. The van der Waals surface area contributed by atoms with Crippen molar-refractivity contribution in [1.82, 2.24) is 20.0 Å². The second-order valence-corrected chi connectivity index (χ2v) is 7.97. The summed E-state index contributed by atoms with van der Waals surface area (Å²) in [6, 6.07) is 9.65. The first-order chi connectivity index (χ1) is 12.7. The van der Waals surface area contributed by atoms with Crippen LogP contribution in [-0.4, -0.2) is 78.5 Å². The maximum atomic E-state index is 12.9. The fourth-order valence-corrected chi connectivity index (χ4v) is 4.38. The molecule has 5 nitrogen and oxygen atoms in total. The zero-order valence-corrected chi connectivity index (χ0v) is 16.0. The number of rotatable bonds is 6. The summed E-state index contributed by atoms with van der Waals surface area (Å²) in [6.07, 6.45) is 3.79. The Morgan fingerprint density at radius 3 is 2.50 bits per heavy atom. The summed E-state index contributed by atoms with van der Waals surface area (Å²) in [5.74, 6) is 0.198. The molecule has 26 heavy (non-hydrogen) atoms. The van der Waals surface area contributed by atoms with Crippen LogP contribution < -0.4 is 5.32 Å². The minimum absolute atomic E-state index is 0.198. The minimum Gasteiger partial charge on any atom is -0.337 e. The predicted molar refractivity (Wildman–Crippen MR) is 104 cm³/mol. The molecule has 0 spiro atoms. The Labute approximate surface area is 157 Å². The lowest BCUT2D eigenvalue weighted by molar-refractivity contribution is 0.0773. The van der Waals surface area contributed by atoms with Gasteiger partial charge in [-0.25, -0.2) is 0 Å². The molecule has 1 saturated carbocycles.